The number of nitrogen functional groups attached to an aromatic ring is 1. The second-order valence-corrected chi connectivity index (χ2v) is 3.98. The van der Waals surface area contributed by atoms with Gasteiger partial charge in [-0.05, 0) is 30.9 Å². The maximum atomic E-state index is 5.76. The number of methoxy groups -OCH3 is 1. The number of rotatable bonds is 6. The van der Waals surface area contributed by atoms with Crippen LogP contribution in [0.1, 0.15) is 12.8 Å². The molecule has 0 spiro atoms. The molecular formula is C12H17NO3. The van der Waals surface area contributed by atoms with Crippen LogP contribution in [0.4, 0.5) is 5.69 Å². The first-order chi connectivity index (χ1) is 7.79. The summed E-state index contributed by atoms with van der Waals surface area (Å²) in [6.07, 6.45) is 2.56. The van der Waals surface area contributed by atoms with Crippen molar-refractivity contribution in [3.8, 4) is 11.5 Å². The van der Waals surface area contributed by atoms with Crippen molar-refractivity contribution in [2.75, 3.05) is 26.2 Å². The normalized spacial score (nSPS) is 14.8. The molecule has 1 fully saturated rings. The minimum absolute atomic E-state index is 0.244. The summed E-state index contributed by atoms with van der Waals surface area (Å²) in [5.74, 6) is 2.08. The lowest BCUT2D eigenvalue weighted by atomic mass is 10.3. The average Bonchev–Trinajstić information content (AvgIpc) is 3.10. The van der Waals surface area contributed by atoms with E-state index in [4.69, 9.17) is 19.9 Å². The summed E-state index contributed by atoms with van der Waals surface area (Å²) < 4.78 is 15.9. The minimum Gasteiger partial charge on any atom is -0.497 e. The molecule has 1 aromatic carbocycles. The van der Waals surface area contributed by atoms with Crippen LogP contribution in [-0.4, -0.2) is 20.5 Å². The zero-order chi connectivity index (χ0) is 11.4. The lowest BCUT2D eigenvalue weighted by Crippen LogP contribution is -2.06. The fourth-order valence-electron chi connectivity index (χ4n) is 1.37. The lowest BCUT2D eigenvalue weighted by Gasteiger charge is -2.10. The summed E-state index contributed by atoms with van der Waals surface area (Å²) in [5, 5.41) is 0. The van der Waals surface area contributed by atoms with Gasteiger partial charge in [-0.15, -0.1) is 0 Å². The van der Waals surface area contributed by atoms with Crippen LogP contribution < -0.4 is 15.2 Å². The topological polar surface area (TPSA) is 53.7 Å². The fourth-order valence-corrected chi connectivity index (χ4v) is 1.37. The van der Waals surface area contributed by atoms with Gasteiger partial charge in [-0.3, -0.25) is 0 Å². The molecule has 0 aromatic heterocycles. The second-order valence-electron chi connectivity index (χ2n) is 3.98. The van der Waals surface area contributed by atoms with Gasteiger partial charge in [0.25, 0.3) is 0 Å². The zero-order valence-electron chi connectivity index (χ0n) is 9.44. The van der Waals surface area contributed by atoms with E-state index in [1.807, 2.05) is 0 Å². The van der Waals surface area contributed by atoms with Crippen molar-refractivity contribution < 1.29 is 14.2 Å². The van der Waals surface area contributed by atoms with Crippen LogP contribution in [0.25, 0.3) is 0 Å². The van der Waals surface area contributed by atoms with Gasteiger partial charge in [0.2, 0.25) is 0 Å². The highest BCUT2D eigenvalue weighted by atomic mass is 16.7. The number of anilines is 1. The zero-order valence-corrected chi connectivity index (χ0v) is 9.44. The highest BCUT2D eigenvalue weighted by molar-refractivity contribution is 5.55. The molecular weight excluding hydrogens is 206 g/mol. The summed E-state index contributed by atoms with van der Waals surface area (Å²) in [6, 6.07) is 5.32. The van der Waals surface area contributed by atoms with Crippen molar-refractivity contribution in [2.45, 2.75) is 12.8 Å². The summed E-state index contributed by atoms with van der Waals surface area (Å²) >= 11 is 0. The van der Waals surface area contributed by atoms with Crippen LogP contribution in [-0.2, 0) is 4.74 Å². The third-order valence-corrected chi connectivity index (χ3v) is 2.57. The smallest absolute Gasteiger partial charge is 0.189 e. The van der Waals surface area contributed by atoms with Crippen LogP contribution in [0.3, 0.4) is 0 Å². The van der Waals surface area contributed by atoms with Crippen LogP contribution in [0.5, 0.6) is 11.5 Å². The molecule has 2 rings (SSSR count). The van der Waals surface area contributed by atoms with E-state index in [9.17, 15) is 0 Å². The number of benzene rings is 1. The molecule has 0 atom stereocenters. The van der Waals surface area contributed by atoms with Gasteiger partial charge < -0.3 is 19.9 Å². The molecule has 0 amide bonds. The Morgan fingerprint density at radius 2 is 2.19 bits per heavy atom. The van der Waals surface area contributed by atoms with Crippen molar-refractivity contribution in [1.82, 2.24) is 0 Å². The van der Waals surface area contributed by atoms with Crippen LogP contribution in [0, 0.1) is 5.92 Å². The Morgan fingerprint density at radius 1 is 1.38 bits per heavy atom. The summed E-state index contributed by atoms with van der Waals surface area (Å²) in [7, 11) is 1.61. The molecule has 0 unspecified atom stereocenters. The van der Waals surface area contributed by atoms with Gasteiger partial charge in [0.15, 0.2) is 6.79 Å². The van der Waals surface area contributed by atoms with E-state index in [2.05, 4.69) is 0 Å². The lowest BCUT2D eigenvalue weighted by molar-refractivity contribution is 0.0103. The van der Waals surface area contributed by atoms with Crippen molar-refractivity contribution in [3.63, 3.8) is 0 Å². The molecule has 0 saturated heterocycles. The van der Waals surface area contributed by atoms with Crippen LogP contribution in [0.15, 0.2) is 18.2 Å². The molecule has 1 aromatic rings. The summed E-state index contributed by atoms with van der Waals surface area (Å²) in [4.78, 5) is 0. The number of hydrogen-bond donors (Lipinski definition) is 1. The van der Waals surface area contributed by atoms with Crippen LogP contribution >= 0.6 is 0 Å². The van der Waals surface area contributed by atoms with Crippen LogP contribution in [0.2, 0.25) is 0 Å². The average molecular weight is 223 g/mol. The quantitative estimate of drug-likeness (QED) is 0.455. The van der Waals surface area contributed by atoms with E-state index >= 15 is 0 Å². The number of hydrogen-bond acceptors (Lipinski definition) is 4. The second kappa shape index (κ2) is 5.07. The molecule has 0 bridgehead atoms. The van der Waals surface area contributed by atoms with Crippen molar-refractivity contribution in [3.05, 3.63) is 18.2 Å². The third kappa shape index (κ3) is 3.03. The van der Waals surface area contributed by atoms with Gasteiger partial charge in [0.1, 0.15) is 11.5 Å². The molecule has 1 saturated carbocycles. The maximum Gasteiger partial charge on any atom is 0.189 e. The molecule has 0 radical (unpaired) electrons. The highest BCUT2D eigenvalue weighted by Gasteiger charge is 2.21. The predicted octanol–water partition coefficient (Wildman–Crippen LogP) is 2.04. The van der Waals surface area contributed by atoms with Gasteiger partial charge in [0.05, 0.1) is 19.4 Å². The van der Waals surface area contributed by atoms with Gasteiger partial charge in [-0.1, -0.05) is 0 Å². The standard InChI is InChI=1S/C12H17NO3/c1-14-10-4-5-11(13)12(6-10)16-8-15-7-9-2-3-9/h4-6,9H,2-3,7-8,13H2,1H3. The van der Waals surface area contributed by atoms with Gasteiger partial charge >= 0.3 is 0 Å². The third-order valence-electron chi connectivity index (χ3n) is 2.57. The molecule has 0 aliphatic heterocycles. The Kier molecular flexibility index (Phi) is 3.51. The molecule has 88 valence electrons. The molecule has 1 aliphatic carbocycles. The molecule has 1 aliphatic rings. The minimum atomic E-state index is 0.244. The molecule has 4 nitrogen and oxygen atoms in total. The Balaban J connectivity index is 1.81. The van der Waals surface area contributed by atoms with E-state index in [1.54, 1.807) is 25.3 Å². The van der Waals surface area contributed by atoms with Crippen molar-refractivity contribution >= 4 is 5.69 Å². The molecule has 16 heavy (non-hydrogen) atoms. The fraction of sp³-hybridized carbons (Fsp3) is 0.500. The largest absolute Gasteiger partial charge is 0.497 e. The maximum absolute atomic E-state index is 5.76. The number of nitrogens with two attached hydrogens (primary N) is 1. The first kappa shape index (κ1) is 11.1. The Labute approximate surface area is 95.3 Å². The predicted molar refractivity (Wildman–Crippen MR) is 61.6 cm³/mol. The van der Waals surface area contributed by atoms with Gasteiger partial charge in [0, 0.05) is 6.07 Å². The highest BCUT2D eigenvalue weighted by Crippen LogP contribution is 2.29. The number of ether oxygens (including phenoxy) is 3. The Bertz CT molecular complexity index is 350. The van der Waals surface area contributed by atoms with E-state index in [0.717, 1.165) is 18.3 Å². The van der Waals surface area contributed by atoms with E-state index in [1.165, 1.54) is 12.8 Å². The SMILES string of the molecule is COc1ccc(N)c(OCOCC2CC2)c1. The Morgan fingerprint density at radius 3 is 2.88 bits per heavy atom. The molecule has 0 heterocycles. The van der Waals surface area contributed by atoms with Gasteiger partial charge in [-0.25, -0.2) is 0 Å². The van der Waals surface area contributed by atoms with E-state index in [0.29, 0.717) is 11.4 Å². The van der Waals surface area contributed by atoms with E-state index in [-0.39, 0.29) is 6.79 Å². The summed E-state index contributed by atoms with van der Waals surface area (Å²) in [5.41, 5.74) is 6.36. The van der Waals surface area contributed by atoms with Crippen molar-refractivity contribution in [1.29, 1.82) is 0 Å². The van der Waals surface area contributed by atoms with Gasteiger partial charge in [-0.2, -0.15) is 0 Å². The molecule has 4 heteroatoms. The first-order valence-corrected chi connectivity index (χ1v) is 5.43. The van der Waals surface area contributed by atoms with E-state index < -0.39 is 0 Å². The molecule has 2 N–H and O–H groups in total. The first-order valence-electron chi connectivity index (χ1n) is 5.43. The monoisotopic (exact) mass is 223 g/mol. The van der Waals surface area contributed by atoms with Crippen molar-refractivity contribution in [2.24, 2.45) is 5.92 Å². The summed E-state index contributed by atoms with van der Waals surface area (Å²) in [6.45, 7) is 1.03. The Hall–Kier alpha value is -1.42.